The van der Waals surface area contributed by atoms with Gasteiger partial charge in [0.25, 0.3) is 0 Å². The Kier molecular flexibility index (Phi) is 4.49. The van der Waals surface area contributed by atoms with Crippen molar-refractivity contribution < 1.29 is 13.9 Å². The van der Waals surface area contributed by atoms with Gasteiger partial charge in [-0.2, -0.15) is 0 Å². The van der Waals surface area contributed by atoms with Crippen LogP contribution in [0.4, 0.5) is 14.9 Å². The zero-order valence-electron chi connectivity index (χ0n) is 14.7. The van der Waals surface area contributed by atoms with Crippen LogP contribution in [0.3, 0.4) is 0 Å². The summed E-state index contributed by atoms with van der Waals surface area (Å²) in [5.74, 6) is 0.382. The smallest absolute Gasteiger partial charge is 0.322 e. The number of pyridine rings is 1. The Bertz CT molecular complexity index is 812. The highest BCUT2D eigenvalue weighted by Crippen LogP contribution is 2.38. The van der Waals surface area contributed by atoms with Crippen LogP contribution in [0.25, 0.3) is 11.1 Å². The van der Waals surface area contributed by atoms with Crippen molar-refractivity contribution in [2.24, 2.45) is 0 Å². The van der Waals surface area contributed by atoms with Gasteiger partial charge >= 0.3 is 6.03 Å². The molecule has 2 atom stereocenters. The largest absolute Gasteiger partial charge is 0.461 e. The van der Waals surface area contributed by atoms with Crippen LogP contribution in [0.15, 0.2) is 36.7 Å². The number of amides is 2. The number of benzene rings is 1. The molecular formula is C20H22FN3O2. The number of fused-ring (bicyclic) bond motifs is 2. The number of hydrogen-bond acceptors (Lipinski definition) is 3. The molecular weight excluding hydrogens is 333 g/mol. The molecule has 6 heteroatoms. The maximum atomic E-state index is 12.6. The van der Waals surface area contributed by atoms with E-state index < -0.39 is 6.86 Å². The Morgan fingerprint density at radius 2 is 2.12 bits per heavy atom. The van der Waals surface area contributed by atoms with Gasteiger partial charge in [-0.1, -0.05) is 6.07 Å². The summed E-state index contributed by atoms with van der Waals surface area (Å²) < 4.78 is 17.3. The van der Waals surface area contributed by atoms with Crippen molar-refractivity contribution in [3.05, 3.63) is 42.2 Å². The summed E-state index contributed by atoms with van der Waals surface area (Å²) >= 11 is 0. The van der Waals surface area contributed by atoms with Gasteiger partial charge in [-0.15, -0.1) is 0 Å². The summed E-state index contributed by atoms with van der Waals surface area (Å²) in [6.07, 6.45) is 7.76. The number of aromatic nitrogens is 1. The van der Waals surface area contributed by atoms with E-state index in [2.05, 4.69) is 10.3 Å². The molecule has 2 bridgehead atoms. The molecule has 136 valence electrons. The number of nitrogens with zero attached hydrogens (tertiary/aromatic N) is 2. The van der Waals surface area contributed by atoms with E-state index in [1.807, 2.05) is 30.0 Å². The number of piperidine rings is 1. The van der Waals surface area contributed by atoms with Crippen LogP contribution in [0.2, 0.25) is 0 Å². The van der Waals surface area contributed by atoms with Gasteiger partial charge in [0.1, 0.15) is 5.75 Å². The number of alkyl halides is 1. The molecule has 3 heterocycles. The normalized spacial score (nSPS) is 21.1. The van der Waals surface area contributed by atoms with Crippen molar-refractivity contribution in [2.45, 2.75) is 44.7 Å². The van der Waals surface area contributed by atoms with E-state index in [9.17, 15) is 9.18 Å². The summed E-state index contributed by atoms with van der Waals surface area (Å²) in [6, 6.07) is 8.33. The van der Waals surface area contributed by atoms with E-state index in [0.717, 1.165) is 41.6 Å². The van der Waals surface area contributed by atoms with Gasteiger partial charge in [0.15, 0.2) is 0 Å². The van der Waals surface area contributed by atoms with Crippen LogP contribution in [0, 0.1) is 6.92 Å². The van der Waals surface area contributed by atoms with Crippen molar-refractivity contribution in [2.75, 3.05) is 12.2 Å². The molecule has 0 saturated carbocycles. The lowest BCUT2D eigenvalue weighted by Crippen LogP contribution is -2.62. The Labute approximate surface area is 152 Å². The van der Waals surface area contributed by atoms with E-state index in [0.29, 0.717) is 17.8 Å². The summed E-state index contributed by atoms with van der Waals surface area (Å²) in [5.41, 5.74) is 3.55. The number of carbonyl (C=O) groups excluding carboxylic acids is 1. The highest BCUT2D eigenvalue weighted by atomic mass is 19.1. The third kappa shape index (κ3) is 3.11. The summed E-state index contributed by atoms with van der Waals surface area (Å²) in [5, 5.41) is 3.02. The average molecular weight is 355 g/mol. The molecule has 0 radical (unpaired) electrons. The van der Waals surface area contributed by atoms with E-state index in [-0.39, 0.29) is 6.03 Å². The molecule has 26 heavy (non-hydrogen) atoms. The molecule has 2 aliphatic rings. The molecule has 2 unspecified atom stereocenters. The van der Waals surface area contributed by atoms with Gasteiger partial charge in [-0.05, 0) is 61.9 Å². The van der Waals surface area contributed by atoms with Gasteiger partial charge in [0.05, 0.1) is 6.20 Å². The third-order valence-corrected chi connectivity index (χ3v) is 5.37. The number of rotatable bonds is 4. The number of aryl methyl sites for hydroxylation is 1. The van der Waals surface area contributed by atoms with Crippen molar-refractivity contribution in [3.63, 3.8) is 0 Å². The van der Waals surface area contributed by atoms with Gasteiger partial charge in [0.2, 0.25) is 6.86 Å². The maximum absolute atomic E-state index is 12.6. The monoisotopic (exact) mass is 355 g/mol. The Balaban J connectivity index is 1.54. The standard InChI is InChI=1S/C20H22FN3O2/c1-13-5-6-15(23-20(25)24-16-3-2-4-17(24)9-16)8-19(13)14-7-18(26-12-21)11-22-10-14/h5-8,10-11,16-17H,2-4,9,12H2,1H3,(H,23,25). The van der Waals surface area contributed by atoms with Crippen LogP contribution in [-0.2, 0) is 0 Å². The van der Waals surface area contributed by atoms with Gasteiger partial charge < -0.3 is 15.0 Å². The lowest BCUT2D eigenvalue weighted by Gasteiger charge is -2.52. The molecule has 1 N–H and O–H groups in total. The Morgan fingerprint density at radius 1 is 1.31 bits per heavy atom. The van der Waals surface area contributed by atoms with E-state index >= 15 is 0 Å². The van der Waals surface area contributed by atoms with Crippen molar-refractivity contribution >= 4 is 11.7 Å². The van der Waals surface area contributed by atoms with Crippen molar-refractivity contribution in [1.29, 1.82) is 0 Å². The summed E-state index contributed by atoms with van der Waals surface area (Å²) in [7, 11) is 0. The number of nitrogens with one attached hydrogen (secondary N) is 1. The minimum Gasteiger partial charge on any atom is -0.461 e. The average Bonchev–Trinajstić information content (AvgIpc) is 2.64. The molecule has 0 aliphatic carbocycles. The van der Waals surface area contributed by atoms with Gasteiger partial charge in [0, 0.05) is 29.5 Å². The highest BCUT2D eigenvalue weighted by molar-refractivity contribution is 5.91. The van der Waals surface area contributed by atoms with E-state index in [4.69, 9.17) is 4.74 Å². The first-order valence-corrected chi connectivity index (χ1v) is 9.00. The second-order valence-electron chi connectivity index (χ2n) is 7.00. The molecule has 2 aromatic rings. The van der Waals surface area contributed by atoms with Crippen LogP contribution in [0.5, 0.6) is 5.75 Å². The molecule has 2 aliphatic heterocycles. The van der Waals surface area contributed by atoms with E-state index in [1.165, 1.54) is 12.6 Å². The first-order valence-electron chi connectivity index (χ1n) is 9.00. The highest BCUT2D eigenvalue weighted by Gasteiger charge is 2.44. The second kappa shape index (κ2) is 6.94. The first kappa shape index (κ1) is 16.8. The maximum Gasteiger partial charge on any atom is 0.322 e. The quantitative estimate of drug-likeness (QED) is 0.877. The van der Waals surface area contributed by atoms with E-state index in [1.54, 1.807) is 12.3 Å². The zero-order valence-corrected chi connectivity index (χ0v) is 14.7. The molecule has 4 rings (SSSR count). The predicted molar refractivity (Wildman–Crippen MR) is 97.9 cm³/mol. The number of carbonyl (C=O) groups is 1. The van der Waals surface area contributed by atoms with Crippen molar-refractivity contribution in [1.82, 2.24) is 9.88 Å². The van der Waals surface area contributed by atoms with Crippen LogP contribution < -0.4 is 10.1 Å². The molecule has 2 amide bonds. The Morgan fingerprint density at radius 3 is 2.85 bits per heavy atom. The fourth-order valence-corrected chi connectivity index (χ4v) is 4.04. The first-order chi connectivity index (χ1) is 12.7. The SMILES string of the molecule is Cc1ccc(NC(=O)N2C3CCCC2C3)cc1-c1cncc(OCF)c1. The predicted octanol–water partition coefficient (Wildman–Crippen LogP) is 4.52. The van der Waals surface area contributed by atoms with Gasteiger partial charge in [-0.25, -0.2) is 9.18 Å². The molecule has 1 aromatic heterocycles. The summed E-state index contributed by atoms with van der Waals surface area (Å²) in [6.45, 7) is 1.10. The third-order valence-electron chi connectivity index (χ3n) is 5.37. The molecule has 2 fully saturated rings. The topological polar surface area (TPSA) is 54.5 Å². The second-order valence-corrected chi connectivity index (χ2v) is 7.00. The number of halogens is 1. The minimum absolute atomic E-state index is 0.0200. The number of hydrogen-bond donors (Lipinski definition) is 1. The fourth-order valence-electron chi connectivity index (χ4n) is 4.04. The van der Waals surface area contributed by atoms with Crippen LogP contribution >= 0.6 is 0 Å². The molecule has 0 spiro atoms. The van der Waals surface area contributed by atoms with Crippen molar-refractivity contribution in [3.8, 4) is 16.9 Å². The molecule has 2 saturated heterocycles. The lowest BCUT2D eigenvalue weighted by molar-refractivity contribution is 0.0173. The zero-order chi connectivity index (χ0) is 18.1. The summed E-state index contributed by atoms with van der Waals surface area (Å²) in [4.78, 5) is 18.7. The number of anilines is 1. The lowest BCUT2D eigenvalue weighted by atomic mass is 9.80. The van der Waals surface area contributed by atoms with Crippen LogP contribution in [-0.4, -0.2) is 34.9 Å². The van der Waals surface area contributed by atoms with Gasteiger partial charge in [-0.3, -0.25) is 4.98 Å². The Hall–Kier alpha value is -2.63. The number of urea groups is 1. The fraction of sp³-hybridized carbons (Fsp3) is 0.400. The minimum atomic E-state index is -0.890. The number of ether oxygens (including phenoxy) is 1. The molecule has 5 nitrogen and oxygen atoms in total. The van der Waals surface area contributed by atoms with Crippen LogP contribution in [0.1, 0.15) is 31.2 Å². The molecule has 1 aromatic carbocycles.